The zero-order valence-electron chi connectivity index (χ0n) is 11.0. The molecule has 0 aliphatic carbocycles. The summed E-state index contributed by atoms with van der Waals surface area (Å²) in [6.07, 6.45) is 0.677. The summed E-state index contributed by atoms with van der Waals surface area (Å²) in [5, 5.41) is 12.0. The molecule has 116 valence electrons. The van der Waals surface area contributed by atoms with Crippen LogP contribution in [0.4, 0.5) is 0 Å². The van der Waals surface area contributed by atoms with Crippen LogP contribution in [0.3, 0.4) is 0 Å². The van der Waals surface area contributed by atoms with E-state index in [9.17, 15) is 13.2 Å². The van der Waals surface area contributed by atoms with Crippen LogP contribution < -0.4 is 5.32 Å². The number of aromatic carboxylic acids is 1. The zero-order chi connectivity index (χ0) is 15.6. The minimum atomic E-state index is -3.85. The fourth-order valence-electron chi connectivity index (χ4n) is 2.09. The molecule has 1 aromatic rings. The first-order chi connectivity index (χ1) is 9.84. The van der Waals surface area contributed by atoms with Crippen LogP contribution in [-0.4, -0.2) is 50.0 Å². The molecule has 0 bridgehead atoms. The SMILES string of the molecule is O=C(O)c1cc(S(=O)(=O)N2CCCNCC2)c(Cl)cc1Cl. The molecular weight excluding hydrogens is 339 g/mol. The largest absolute Gasteiger partial charge is 0.478 e. The molecule has 0 radical (unpaired) electrons. The quantitative estimate of drug-likeness (QED) is 0.863. The van der Waals surface area contributed by atoms with Gasteiger partial charge in [0.2, 0.25) is 10.0 Å². The van der Waals surface area contributed by atoms with Crippen LogP contribution in [0.2, 0.25) is 10.0 Å². The molecule has 9 heteroatoms. The molecule has 21 heavy (non-hydrogen) atoms. The Bertz CT molecular complexity index is 655. The van der Waals surface area contributed by atoms with Crippen molar-refractivity contribution in [1.82, 2.24) is 9.62 Å². The van der Waals surface area contributed by atoms with Crippen LogP contribution in [0.1, 0.15) is 16.8 Å². The van der Waals surface area contributed by atoms with Crippen molar-refractivity contribution < 1.29 is 18.3 Å². The maximum absolute atomic E-state index is 12.6. The van der Waals surface area contributed by atoms with Crippen molar-refractivity contribution in [2.45, 2.75) is 11.3 Å². The molecule has 0 spiro atoms. The summed E-state index contributed by atoms with van der Waals surface area (Å²) in [5.74, 6) is -1.30. The van der Waals surface area contributed by atoms with Gasteiger partial charge in [0.15, 0.2) is 0 Å². The lowest BCUT2D eigenvalue weighted by atomic mass is 10.2. The average molecular weight is 353 g/mol. The second-order valence-electron chi connectivity index (χ2n) is 4.58. The van der Waals surface area contributed by atoms with Gasteiger partial charge in [0.1, 0.15) is 4.90 Å². The zero-order valence-corrected chi connectivity index (χ0v) is 13.3. The van der Waals surface area contributed by atoms with Crippen LogP contribution in [0.5, 0.6) is 0 Å². The number of hydrogen-bond donors (Lipinski definition) is 2. The van der Waals surface area contributed by atoms with Gasteiger partial charge in [-0.2, -0.15) is 4.31 Å². The molecule has 2 N–H and O–H groups in total. The first kappa shape index (κ1) is 16.5. The van der Waals surface area contributed by atoms with Gasteiger partial charge < -0.3 is 10.4 Å². The third-order valence-electron chi connectivity index (χ3n) is 3.17. The Labute approximate surface area is 132 Å². The monoisotopic (exact) mass is 352 g/mol. The van der Waals surface area contributed by atoms with Crippen molar-refractivity contribution in [1.29, 1.82) is 0 Å². The number of nitrogens with zero attached hydrogens (tertiary/aromatic N) is 1. The van der Waals surface area contributed by atoms with E-state index in [0.717, 1.165) is 18.7 Å². The molecule has 6 nitrogen and oxygen atoms in total. The van der Waals surface area contributed by atoms with E-state index in [0.29, 0.717) is 26.1 Å². The lowest BCUT2D eigenvalue weighted by molar-refractivity contribution is 0.0697. The Balaban J connectivity index is 2.48. The number of carboxylic acids is 1. The number of halogens is 2. The summed E-state index contributed by atoms with van der Waals surface area (Å²) >= 11 is 11.7. The Morgan fingerprint density at radius 1 is 1.19 bits per heavy atom. The summed E-state index contributed by atoms with van der Waals surface area (Å²) in [5.41, 5.74) is -0.285. The molecular formula is C12H14Cl2N2O4S. The van der Waals surface area contributed by atoms with Crippen molar-refractivity contribution in [3.63, 3.8) is 0 Å². The second-order valence-corrected chi connectivity index (χ2v) is 7.30. The topological polar surface area (TPSA) is 86.7 Å². The van der Waals surface area contributed by atoms with Crippen LogP contribution in [-0.2, 0) is 10.0 Å². The second kappa shape index (κ2) is 6.50. The first-order valence-electron chi connectivity index (χ1n) is 6.27. The molecule has 1 fully saturated rings. The van der Waals surface area contributed by atoms with E-state index in [2.05, 4.69) is 5.32 Å². The smallest absolute Gasteiger partial charge is 0.337 e. The van der Waals surface area contributed by atoms with Crippen molar-refractivity contribution in [3.05, 3.63) is 27.7 Å². The number of carboxylic acid groups (broad SMARTS) is 1. The molecule has 1 aliphatic rings. The fourth-order valence-corrected chi connectivity index (χ4v) is 4.40. The Morgan fingerprint density at radius 2 is 1.90 bits per heavy atom. The van der Waals surface area contributed by atoms with Gasteiger partial charge in [-0.15, -0.1) is 0 Å². The van der Waals surface area contributed by atoms with Gasteiger partial charge in [0.05, 0.1) is 15.6 Å². The average Bonchev–Trinajstić information content (AvgIpc) is 2.67. The number of nitrogens with one attached hydrogen (secondary N) is 1. The van der Waals surface area contributed by atoms with Crippen molar-refractivity contribution in [2.75, 3.05) is 26.2 Å². The van der Waals surface area contributed by atoms with Gasteiger partial charge in [-0.25, -0.2) is 13.2 Å². The molecule has 2 rings (SSSR count). The van der Waals surface area contributed by atoms with Crippen molar-refractivity contribution in [2.24, 2.45) is 0 Å². The molecule has 0 atom stereocenters. The lowest BCUT2D eigenvalue weighted by Crippen LogP contribution is -2.34. The normalized spacial score (nSPS) is 17.4. The summed E-state index contributed by atoms with van der Waals surface area (Å²) < 4.78 is 26.5. The van der Waals surface area contributed by atoms with E-state index in [1.165, 1.54) is 4.31 Å². The maximum Gasteiger partial charge on any atom is 0.337 e. The van der Waals surface area contributed by atoms with Gasteiger partial charge in [-0.3, -0.25) is 0 Å². The van der Waals surface area contributed by atoms with Gasteiger partial charge in [-0.05, 0) is 25.1 Å². The predicted octanol–water partition coefficient (Wildman–Crippen LogP) is 1.68. The highest BCUT2D eigenvalue weighted by Crippen LogP contribution is 2.30. The number of benzene rings is 1. The standard InChI is InChI=1S/C12H14Cl2N2O4S/c13-9-7-10(14)11(6-8(9)12(17)18)21(19,20)16-4-1-2-15-3-5-16/h6-7,15H,1-5H2,(H,17,18). The lowest BCUT2D eigenvalue weighted by Gasteiger charge is -2.20. The van der Waals surface area contributed by atoms with E-state index in [1.54, 1.807) is 0 Å². The Kier molecular flexibility index (Phi) is 5.11. The van der Waals surface area contributed by atoms with Crippen LogP contribution >= 0.6 is 23.2 Å². The minimum Gasteiger partial charge on any atom is -0.478 e. The van der Waals surface area contributed by atoms with Crippen LogP contribution in [0.25, 0.3) is 0 Å². The molecule has 1 aliphatic heterocycles. The van der Waals surface area contributed by atoms with Crippen molar-refractivity contribution >= 4 is 39.2 Å². The number of carbonyl (C=O) groups is 1. The van der Waals surface area contributed by atoms with E-state index >= 15 is 0 Å². The molecule has 1 heterocycles. The highest BCUT2D eigenvalue weighted by atomic mass is 35.5. The van der Waals surface area contributed by atoms with E-state index in [-0.39, 0.29) is 20.5 Å². The number of sulfonamides is 1. The van der Waals surface area contributed by atoms with E-state index < -0.39 is 16.0 Å². The van der Waals surface area contributed by atoms with Crippen molar-refractivity contribution in [3.8, 4) is 0 Å². The van der Waals surface area contributed by atoms with E-state index in [4.69, 9.17) is 28.3 Å². The molecule has 0 unspecified atom stereocenters. The maximum atomic E-state index is 12.6. The number of hydrogen-bond acceptors (Lipinski definition) is 4. The Hall–Kier alpha value is -0.860. The third kappa shape index (κ3) is 3.49. The summed E-state index contributed by atoms with van der Waals surface area (Å²) in [7, 11) is -3.85. The summed E-state index contributed by atoms with van der Waals surface area (Å²) in [4.78, 5) is 10.9. The highest BCUT2D eigenvalue weighted by molar-refractivity contribution is 7.89. The summed E-state index contributed by atoms with van der Waals surface area (Å²) in [6.45, 7) is 1.94. The number of rotatable bonds is 3. The first-order valence-corrected chi connectivity index (χ1v) is 8.47. The van der Waals surface area contributed by atoms with Gasteiger partial charge in [0.25, 0.3) is 0 Å². The van der Waals surface area contributed by atoms with Crippen LogP contribution in [0, 0.1) is 0 Å². The van der Waals surface area contributed by atoms with Gasteiger partial charge in [0, 0.05) is 19.6 Å². The predicted molar refractivity (Wildman–Crippen MR) is 79.7 cm³/mol. The molecule has 0 saturated carbocycles. The van der Waals surface area contributed by atoms with Gasteiger partial charge in [-0.1, -0.05) is 23.2 Å². The van der Waals surface area contributed by atoms with Gasteiger partial charge >= 0.3 is 5.97 Å². The molecule has 0 amide bonds. The van der Waals surface area contributed by atoms with Crippen LogP contribution in [0.15, 0.2) is 17.0 Å². The Morgan fingerprint density at radius 3 is 2.57 bits per heavy atom. The highest BCUT2D eigenvalue weighted by Gasteiger charge is 2.29. The van der Waals surface area contributed by atoms with E-state index in [1.807, 2.05) is 0 Å². The molecule has 1 aromatic carbocycles. The summed E-state index contributed by atoms with van der Waals surface area (Å²) in [6, 6.07) is 2.16. The molecule has 0 aromatic heterocycles. The minimum absolute atomic E-state index is 0.0813. The third-order valence-corrected chi connectivity index (χ3v) is 5.84. The fraction of sp³-hybridized carbons (Fsp3) is 0.417. The molecule has 1 saturated heterocycles.